The minimum atomic E-state index is -1.27. The van der Waals surface area contributed by atoms with Gasteiger partial charge in [-0.05, 0) is 43.0 Å². The lowest BCUT2D eigenvalue weighted by Gasteiger charge is -2.20. The molecule has 0 radical (unpaired) electrons. The summed E-state index contributed by atoms with van der Waals surface area (Å²) in [5.74, 6) is -0.394. The quantitative estimate of drug-likeness (QED) is 0.515. The Morgan fingerprint density at radius 3 is 2.31 bits per heavy atom. The molecule has 0 heterocycles. The molecule has 1 atom stereocenters. The predicted octanol–water partition coefficient (Wildman–Crippen LogP) is 3.78. The van der Waals surface area contributed by atoms with Gasteiger partial charge in [0, 0.05) is 11.6 Å². The predicted molar refractivity (Wildman–Crippen MR) is 113 cm³/mol. The van der Waals surface area contributed by atoms with Crippen LogP contribution in [-0.2, 0) is 9.59 Å². The number of benzene rings is 2. The molecule has 3 N–H and O–H groups in total. The normalized spacial score (nSPS) is 16.1. The Morgan fingerprint density at radius 2 is 1.66 bits per heavy atom. The maximum atomic E-state index is 12.3. The van der Waals surface area contributed by atoms with Crippen molar-refractivity contribution < 1.29 is 14.7 Å². The molecule has 0 aromatic heterocycles. The van der Waals surface area contributed by atoms with Crippen LogP contribution < -0.4 is 10.7 Å². The Morgan fingerprint density at radius 1 is 1.00 bits per heavy atom. The number of carbonyl (C=O) groups is 2. The zero-order chi connectivity index (χ0) is 20.6. The summed E-state index contributed by atoms with van der Waals surface area (Å²) < 4.78 is 0. The number of carbonyl (C=O) groups excluding carboxylic acids is 2. The van der Waals surface area contributed by atoms with Crippen molar-refractivity contribution in [2.24, 2.45) is 11.0 Å². The van der Waals surface area contributed by atoms with E-state index in [1.807, 2.05) is 30.3 Å². The molecule has 29 heavy (non-hydrogen) atoms. The largest absolute Gasteiger partial charge is 0.378 e. The molecular formula is C23H27N3O3. The van der Waals surface area contributed by atoms with Crippen molar-refractivity contribution in [2.45, 2.75) is 45.1 Å². The van der Waals surface area contributed by atoms with Crippen molar-refractivity contribution in [1.82, 2.24) is 5.43 Å². The molecule has 2 aromatic carbocycles. The number of hydrogen-bond donors (Lipinski definition) is 3. The fourth-order valence-electron chi connectivity index (χ4n) is 3.46. The standard InChI is InChI=1S/C23H27N3O3/c1-16(25-26-23(29)21(27)18-8-4-2-5-9-18)17-12-14-20(15-13-17)24-22(28)19-10-6-3-7-11-19/h2,4-5,8-9,12-15,19,21,27H,3,6-7,10-11H2,1H3,(H,24,28)(H,26,29). The molecule has 6 heteroatoms. The Balaban J connectivity index is 1.55. The van der Waals surface area contributed by atoms with Crippen LogP contribution in [0.2, 0.25) is 0 Å². The third kappa shape index (κ3) is 5.74. The molecule has 1 fully saturated rings. The smallest absolute Gasteiger partial charge is 0.273 e. The van der Waals surface area contributed by atoms with Gasteiger partial charge in [-0.2, -0.15) is 5.10 Å². The van der Waals surface area contributed by atoms with Crippen molar-refractivity contribution in [1.29, 1.82) is 0 Å². The van der Waals surface area contributed by atoms with Gasteiger partial charge in [-0.1, -0.05) is 61.7 Å². The van der Waals surface area contributed by atoms with Gasteiger partial charge in [0.2, 0.25) is 5.91 Å². The van der Waals surface area contributed by atoms with Crippen LogP contribution >= 0.6 is 0 Å². The van der Waals surface area contributed by atoms with E-state index in [9.17, 15) is 14.7 Å². The SMILES string of the molecule is CC(=NNC(=O)C(O)c1ccccc1)c1ccc(NC(=O)C2CCCCC2)cc1. The van der Waals surface area contributed by atoms with Crippen molar-refractivity contribution in [3.05, 3.63) is 65.7 Å². The Bertz CT molecular complexity index is 857. The molecule has 3 rings (SSSR count). The molecule has 1 saturated carbocycles. The summed E-state index contributed by atoms with van der Waals surface area (Å²) in [5, 5.41) is 17.1. The van der Waals surface area contributed by atoms with E-state index in [4.69, 9.17) is 0 Å². The van der Waals surface area contributed by atoms with E-state index in [0.29, 0.717) is 11.3 Å². The average Bonchev–Trinajstić information content (AvgIpc) is 2.78. The molecule has 1 aliphatic rings. The van der Waals surface area contributed by atoms with Crippen LogP contribution in [0.5, 0.6) is 0 Å². The molecule has 0 aliphatic heterocycles. The van der Waals surface area contributed by atoms with Gasteiger partial charge < -0.3 is 10.4 Å². The Kier molecular flexibility index (Phi) is 7.14. The summed E-state index contributed by atoms with van der Waals surface area (Å²) in [6.45, 7) is 1.77. The monoisotopic (exact) mass is 393 g/mol. The molecule has 1 unspecified atom stereocenters. The van der Waals surface area contributed by atoms with E-state index in [2.05, 4.69) is 15.8 Å². The summed E-state index contributed by atoms with van der Waals surface area (Å²) in [7, 11) is 0. The highest BCUT2D eigenvalue weighted by molar-refractivity contribution is 6.00. The van der Waals surface area contributed by atoms with Gasteiger partial charge in [0.15, 0.2) is 6.10 Å². The number of hydrogen-bond acceptors (Lipinski definition) is 4. The highest BCUT2D eigenvalue weighted by atomic mass is 16.3. The highest BCUT2D eigenvalue weighted by Gasteiger charge is 2.21. The van der Waals surface area contributed by atoms with Gasteiger partial charge >= 0.3 is 0 Å². The lowest BCUT2D eigenvalue weighted by Crippen LogP contribution is -2.26. The van der Waals surface area contributed by atoms with Crippen LogP contribution in [0.25, 0.3) is 0 Å². The van der Waals surface area contributed by atoms with Crippen LogP contribution in [0.1, 0.15) is 56.3 Å². The number of anilines is 1. The first-order valence-electron chi connectivity index (χ1n) is 10.0. The van der Waals surface area contributed by atoms with Gasteiger partial charge in [0.1, 0.15) is 0 Å². The number of aliphatic hydroxyl groups is 1. The zero-order valence-corrected chi connectivity index (χ0v) is 16.6. The first-order chi connectivity index (χ1) is 14.0. The van der Waals surface area contributed by atoms with E-state index in [0.717, 1.165) is 36.9 Å². The summed E-state index contributed by atoms with van der Waals surface area (Å²) in [6.07, 6.45) is 4.12. The van der Waals surface area contributed by atoms with E-state index in [1.165, 1.54) is 6.42 Å². The number of nitrogens with one attached hydrogen (secondary N) is 2. The molecule has 1 aliphatic carbocycles. The second-order valence-electron chi connectivity index (χ2n) is 7.39. The third-order valence-electron chi connectivity index (χ3n) is 5.24. The third-order valence-corrected chi connectivity index (χ3v) is 5.24. The number of amides is 2. The molecule has 0 bridgehead atoms. The lowest BCUT2D eigenvalue weighted by atomic mass is 9.88. The second kappa shape index (κ2) is 9.98. The molecule has 0 spiro atoms. The van der Waals surface area contributed by atoms with Gasteiger partial charge in [0.25, 0.3) is 5.91 Å². The molecule has 6 nitrogen and oxygen atoms in total. The molecule has 2 aromatic rings. The van der Waals surface area contributed by atoms with E-state index in [-0.39, 0.29) is 11.8 Å². The van der Waals surface area contributed by atoms with Crippen LogP contribution in [0.15, 0.2) is 59.7 Å². The second-order valence-corrected chi connectivity index (χ2v) is 7.39. The first-order valence-corrected chi connectivity index (χ1v) is 10.0. The maximum absolute atomic E-state index is 12.3. The van der Waals surface area contributed by atoms with Gasteiger partial charge in [0.05, 0.1) is 5.71 Å². The van der Waals surface area contributed by atoms with Crippen LogP contribution in [0, 0.1) is 5.92 Å². The number of nitrogens with zero attached hydrogens (tertiary/aromatic N) is 1. The topological polar surface area (TPSA) is 90.8 Å². The fourth-order valence-corrected chi connectivity index (χ4v) is 3.46. The molecule has 0 saturated heterocycles. The summed E-state index contributed by atoms with van der Waals surface area (Å²) in [5.41, 5.74) is 5.07. The maximum Gasteiger partial charge on any atom is 0.273 e. The van der Waals surface area contributed by atoms with Crippen molar-refractivity contribution in [3.63, 3.8) is 0 Å². The number of rotatable bonds is 6. The molecule has 152 valence electrons. The number of aliphatic hydroxyl groups excluding tert-OH is 1. The van der Waals surface area contributed by atoms with Crippen molar-refractivity contribution in [2.75, 3.05) is 5.32 Å². The lowest BCUT2D eigenvalue weighted by molar-refractivity contribution is -0.129. The first kappa shape index (κ1) is 20.7. The van der Waals surface area contributed by atoms with E-state index >= 15 is 0 Å². The summed E-state index contributed by atoms with van der Waals surface area (Å²) in [4.78, 5) is 24.4. The molecule has 2 amide bonds. The Labute approximate surface area is 171 Å². The Hall–Kier alpha value is -2.99. The van der Waals surface area contributed by atoms with Crippen LogP contribution in [0.3, 0.4) is 0 Å². The number of hydrazone groups is 1. The van der Waals surface area contributed by atoms with E-state index in [1.54, 1.807) is 31.2 Å². The van der Waals surface area contributed by atoms with Gasteiger partial charge in [-0.25, -0.2) is 5.43 Å². The van der Waals surface area contributed by atoms with E-state index < -0.39 is 12.0 Å². The van der Waals surface area contributed by atoms with Gasteiger partial charge in [-0.15, -0.1) is 0 Å². The average molecular weight is 393 g/mol. The van der Waals surface area contributed by atoms with Crippen molar-refractivity contribution in [3.8, 4) is 0 Å². The van der Waals surface area contributed by atoms with Gasteiger partial charge in [-0.3, -0.25) is 9.59 Å². The minimum Gasteiger partial charge on any atom is -0.378 e. The van der Waals surface area contributed by atoms with Crippen LogP contribution in [-0.4, -0.2) is 22.6 Å². The van der Waals surface area contributed by atoms with Crippen LogP contribution in [0.4, 0.5) is 5.69 Å². The summed E-state index contributed by atoms with van der Waals surface area (Å²) >= 11 is 0. The summed E-state index contributed by atoms with van der Waals surface area (Å²) in [6, 6.07) is 16.0. The fraction of sp³-hybridized carbons (Fsp3) is 0.348. The minimum absolute atomic E-state index is 0.0880. The highest BCUT2D eigenvalue weighted by Crippen LogP contribution is 2.25. The zero-order valence-electron chi connectivity index (χ0n) is 16.6. The van der Waals surface area contributed by atoms with Crippen molar-refractivity contribution >= 4 is 23.2 Å². The molecular weight excluding hydrogens is 366 g/mol.